The van der Waals surface area contributed by atoms with Crippen LogP contribution in [0.25, 0.3) is 32.8 Å². The molecule has 4 rings (SSSR count). The van der Waals surface area contributed by atoms with Crippen molar-refractivity contribution in [1.29, 1.82) is 0 Å². The Morgan fingerprint density at radius 2 is 1.73 bits per heavy atom. The van der Waals surface area contributed by atoms with Crippen molar-refractivity contribution < 1.29 is 4.42 Å². The first-order valence-corrected chi connectivity index (χ1v) is 7.73. The van der Waals surface area contributed by atoms with E-state index in [-0.39, 0.29) is 5.63 Å². The van der Waals surface area contributed by atoms with Crippen LogP contribution in [0.1, 0.15) is 0 Å². The zero-order chi connectivity index (χ0) is 14.9. The molecule has 0 radical (unpaired) electrons. The molecule has 0 aliphatic heterocycles. The summed E-state index contributed by atoms with van der Waals surface area (Å²) in [4.78, 5) is 16.8. The van der Waals surface area contributed by atoms with Crippen LogP contribution in [0.2, 0.25) is 0 Å². The van der Waals surface area contributed by atoms with Gasteiger partial charge in [-0.25, -0.2) is 9.78 Å². The Hall–Kier alpha value is -2.72. The Morgan fingerprint density at radius 3 is 2.59 bits per heavy atom. The second-order valence-electron chi connectivity index (χ2n) is 4.89. The van der Waals surface area contributed by atoms with Crippen LogP contribution >= 0.6 is 11.3 Å². The van der Waals surface area contributed by atoms with E-state index in [0.717, 1.165) is 16.6 Å². The van der Waals surface area contributed by atoms with E-state index in [1.54, 1.807) is 6.07 Å². The molecule has 0 unspecified atom stereocenters. The second kappa shape index (κ2) is 5.24. The molecule has 0 N–H and O–H groups in total. The lowest BCUT2D eigenvalue weighted by Gasteiger charge is -1.99. The van der Waals surface area contributed by atoms with Crippen molar-refractivity contribution in [1.82, 2.24) is 4.98 Å². The molecule has 0 saturated heterocycles. The number of fused-ring (bicyclic) bond motifs is 1. The molecule has 0 aliphatic carbocycles. The lowest BCUT2D eigenvalue weighted by molar-refractivity contribution is 0.563. The smallest absolute Gasteiger partial charge is 0.346 e. The molecule has 0 atom stereocenters. The van der Waals surface area contributed by atoms with Crippen LogP contribution in [-0.2, 0) is 0 Å². The van der Waals surface area contributed by atoms with Crippen LogP contribution in [-0.4, -0.2) is 4.98 Å². The summed E-state index contributed by atoms with van der Waals surface area (Å²) in [7, 11) is 0. The summed E-state index contributed by atoms with van der Waals surface area (Å²) in [5.41, 5.74) is 2.65. The van der Waals surface area contributed by atoms with Gasteiger partial charge in [0, 0.05) is 16.3 Å². The van der Waals surface area contributed by atoms with Crippen molar-refractivity contribution in [2.45, 2.75) is 0 Å². The van der Waals surface area contributed by atoms with E-state index in [9.17, 15) is 4.79 Å². The van der Waals surface area contributed by atoms with Crippen LogP contribution in [0.5, 0.6) is 0 Å². The SMILES string of the molecule is O=c1oc2ccccc2cc1-c1nc(-c2ccccc2)cs1. The Labute approximate surface area is 130 Å². The Balaban J connectivity index is 1.84. The number of aromatic nitrogens is 1. The number of benzene rings is 2. The Kier molecular flexibility index (Phi) is 3.09. The van der Waals surface area contributed by atoms with Gasteiger partial charge in [-0.15, -0.1) is 11.3 Å². The van der Waals surface area contributed by atoms with E-state index in [0.29, 0.717) is 16.2 Å². The number of thiazole rings is 1. The predicted octanol–water partition coefficient (Wildman–Crippen LogP) is 4.58. The number of nitrogens with zero attached hydrogens (tertiary/aromatic N) is 1. The summed E-state index contributed by atoms with van der Waals surface area (Å²) < 4.78 is 5.37. The standard InChI is InChI=1S/C18H11NO2S/c20-18-14(10-13-8-4-5-9-16(13)21-18)17-19-15(11-22-17)12-6-2-1-3-7-12/h1-11H. The van der Waals surface area contributed by atoms with Gasteiger partial charge in [0.15, 0.2) is 0 Å². The lowest BCUT2D eigenvalue weighted by atomic mass is 10.2. The lowest BCUT2D eigenvalue weighted by Crippen LogP contribution is -2.02. The minimum absolute atomic E-state index is 0.354. The van der Waals surface area contributed by atoms with Crippen LogP contribution < -0.4 is 5.63 Å². The molecule has 0 spiro atoms. The summed E-state index contributed by atoms with van der Waals surface area (Å²) >= 11 is 1.45. The molecular formula is C18H11NO2S. The van der Waals surface area contributed by atoms with Crippen molar-refractivity contribution in [3.05, 3.63) is 76.5 Å². The molecule has 106 valence electrons. The number of hydrogen-bond donors (Lipinski definition) is 0. The Morgan fingerprint density at radius 1 is 0.955 bits per heavy atom. The largest absolute Gasteiger partial charge is 0.422 e. The molecule has 0 fully saturated rings. The summed E-state index contributed by atoms with van der Waals surface area (Å²) in [5.74, 6) is 0. The molecule has 4 aromatic rings. The number of para-hydroxylation sites is 1. The highest BCUT2D eigenvalue weighted by molar-refractivity contribution is 7.13. The van der Waals surface area contributed by atoms with E-state index in [1.807, 2.05) is 60.0 Å². The van der Waals surface area contributed by atoms with Crippen LogP contribution in [0.3, 0.4) is 0 Å². The molecular weight excluding hydrogens is 294 g/mol. The summed E-state index contributed by atoms with van der Waals surface area (Å²) in [6.45, 7) is 0. The topological polar surface area (TPSA) is 43.1 Å². The van der Waals surface area contributed by atoms with Crippen LogP contribution in [0.4, 0.5) is 0 Å². The molecule has 2 aromatic heterocycles. The van der Waals surface area contributed by atoms with E-state index < -0.39 is 0 Å². The summed E-state index contributed by atoms with van der Waals surface area (Å²) in [6, 6.07) is 19.2. The first-order valence-electron chi connectivity index (χ1n) is 6.85. The second-order valence-corrected chi connectivity index (χ2v) is 5.75. The summed E-state index contributed by atoms with van der Waals surface area (Å²) in [5, 5.41) is 3.53. The van der Waals surface area contributed by atoms with E-state index in [4.69, 9.17) is 4.42 Å². The Bertz CT molecular complexity index is 1000. The van der Waals surface area contributed by atoms with Crippen molar-refractivity contribution >= 4 is 22.3 Å². The van der Waals surface area contributed by atoms with Gasteiger partial charge < -0.3 is 4.42 Å². The van der Waals surface area contributed by atoms with Gasteiger partial charge in [0.1, 0.15) is 10.6 Å². The van der Waals surface area contributed by atoms with Crippen LogP contribution in [0.15, 0.2) is 75.3 Å². The van der Waals surface area contributed by atoms with Gasteiger partial charge in [-0.2, -0.15) is 0 Å². The van der Waals surface area contributed by atoms with Crippen molar-refractivity contribution in [3.63, 3.8) is 0 Å². The normalized spacial score (nSPS) is 10.9. The molecule has 0 saturated carbocycles. The molecule has 2 aromatic carbocycles. The average molecular weight is 305 g/mol. The highest BCUT2D eigenvalue weighted by Gasteiger charge is 2.12. The molecule has 0 bridgehead atoms. The summed E-state index contributed by atoms with van der Waals surface area (Å²) in [6.07, 6.45) is 0. The van der Waals surface area contributed by atoms with Crippen LogP contribution in [0, 0.1) is 0 Å². The van der Waals surface area contributed by atoms with Crippen molar-refractivity contribution in [3.8, 4) is 21.8 Å². The maximum absolute atomic E-state index is 12.2. The zero-order valence-corrected chi connectivity index (χ0v) is 12.3. The van der Waals surface area contributed by atoms with Gasteiger partial charge in [0.25, 0.3) is 0 Å². The minimum Gasteiger partial charge on any atom is -0.422 e. The van der Waals surface area contributed by atoms with Gasteiger partial charge in [0.05, 0.1) is 11.3 Å². The van der Waals surface area contributed by atoms with E-state index >= 15 is 0 Å². The van der Waals surface area contributed by atoms with E-state index in [1.165, 1.54) is 11.3 Å². The molecule has 0 amide bonds. The highest BCUT2D eigenvalue weighted by atomic mass is 32.1. The fraction of sp³-hybridized carbons (Fsp3) is 0. The van der Waals surface area contributed by atoms with Gasteiger partial charge in [-0.3, -0.25) is 0 Å². The number of hydrogen-bond acceptors (Lipinski definition) is 4. The van der Waals surface area contributed by atoms with Crippen molar-refractivity contribution in [2.75, 3.05) is 0 Å². The quantitative estimate of drug-likeness (QED) is 0.509. The third-order valence-corrected chi connectivity index (χ3v) is 4.32. The fourth-order valence-electron chi connectivity index (χ4n) is 2.35. The molecule has 4 heteroatoms. The molecule has 2 heterocycles. The third-order valence-electron chi connectivity index (χ3n) is 3.45. The average Bonchev–Trinajstić information content (AvgIpc) is 3.05. The predicted molar refractivity (Wildman–Crippen MR) is 89.0 cm³/mol. The molecule has 0 aliphatic rings. The maximum atomic E-state index is 12.2. The first-order chi connectivity index (χ1) is 10.8. The highest BCUT2D eigenvalue weighted by Crippen LogP contribution is 2.28. The van der Waals surface area contributed by atoms with Gasteiger partial charge >= 0.3 is 5.63 Å². The third kappa shape index (κ3) is 2.23. The maximum Gasteiger partial charge on any atom is 0.346 e. The fourth-order valence-corrected chi connectivity index (χ4v) is 3.18. The molecule has 22 heavy (non-hydrogen) atoms. The van der Waals surface area contributed by atoms with Gasteiger partial charge in [-0.05, 0) is 12.1 Å². The zero-order valence-electron chi connectivity index (χ0n) is 11.5. The van der Waals surface area contributed by atoms with Crippen molar-refractivity contribution in [2.24, 2.45) is 0 Å². The van der Waals surface area contributed by atoms with Gasteiger partial charge in [0.2, 0.25) is 0 Å². The number of rotatable bonds is 2. The van der Waals surface area contributed by atoms with Gasteiger partial charge in [-0.1, -0.05) is 48.5 Å². The molecule has 3 nitrogen and oxygen atoms in total. The first kappa shape index (κ1) is 13.0. The van der Waals surface area contributed by atoms with E-state index in [2.05, 4.69) is 4.98 Å². The minimum atomic E-state index is -0.354. The monoisotopic (exact) mass is 305 g/mol.